The Morgan fingerprint density at radius 1 is 1.08 bits per heavy atom. The fraction of sp³-hybridized carbons (Fsp3) is 0.677. The topological polar surface area (TPSA) is 105 Å². The molecule has 8 heteroatoms. The summed E-state index contributed by atoms with van der Waals surface area (Å²) in [6.45, 7) is 7.91. The van der Waals surface area contributed by atoms with E-state index in [0.29, 0.717) is 6.04 Å². The van der Waals surface area contributed by atoms with Crippen LogP contribution in [0.4, 0.5) is 5.82 Å². The number of carboxylic acids is 1. The summed E-state index contributed by atoms with van der Waals surface area (Å²) in [5.41, 5.74) is 7.68. The van der Waals surface area contributed by atoms with E-state index in [1.165, 1.54) is 107 Å². The quantitative estimate of drug-likeness (QED) is 0.133. The zero-order chi connectivity index (χ0) is 28.0. The van der Waals surface area contributed by atoms with Crippen LogP contribution in [0.3, 0.4) is 0 Å². The van der Waals surface area contributed by atoms with Gasteiger partial charge in [0.2, 0.25) is 0 Å². The molecule has 0 bridgehead atoms. The minimum Gasteiger partial charge on any atom is -0.477 e. The number of nitrogen functional groups attached to an aromatic ring is 1. The van der Waals surface area contributed by atoms with Gasteiger partial charge in [0.15, 0.2) is 0 Å². The van der Waals surface area contributed by atoms with Gasteiger partial charge >= 0.3 is 5.97 Å². The van der Waals surface area contributed by atoms with Crippen molar-refractivity contribution < 1.29 is 9.90 Å². The highest BCUT2D eigenvalue weighted by Crippen LogP contribution is 2.28. The summed E-state index contributed by atoms with van der Waals surface area (Å²) in [7, 11) is 0. The van der Waals surface area contributed by atoms with Crippen molar-refractivity contribution >= 4 is 23.7 Å². The van der Waals surface area contributed by atoms with Gasteiger partial charge in [0.05, 0.1) is 11.9 Å². The van der Waals surface area contributed by atoms with E-state index >= 15 is 0 Å². The fourth-order valence-electron chi connectivity index (χ4n) is 5.11. The monoisotopic (exact) mass is 557 g/mol. The number of carboxylic acid groups (broad SMARTS) is 1. The van der Waals surface area contributed by atoms with Gasteiger partial charge in [0, 0.05) is 17.0 Å². The van der Waals surface area contributed by atoms with Crippen LogP contribution >= 0.6 is 11.9 Å². The van der Waals surface area contributed by atoms with E-state index in [-0.39, 0.29) is 11.4 Å². The highest BCUT2D eigenvalue weighted by molar-refractivity contribution is 7.97. The maximum atomic E-state index is 11.1. The molecule has 2 saturated carbocycles. The van der Waals surface area contributed by atoms with Gasteiger partial charge in [0.25, 0.3) is 0 Å². The van der Waals surface area contributed by atoms with Crippen LogP contribution in [0.1, 0.15) is 120 Å². The molecule has 0 amide bonds. The van der Waals surface area contributed by atoms with E-state index in [1.54, 1.807) is 11.9 Å². The van der Waals surface area contributed by atoms with E-state index in [1.807, 2.05) is 25.1 Å². The van der Waals surface area contributed by atoms with Gasteiger partial charge < -0.3 is 16.2 Å². The number of nitrogens with zero attached hydrogens (tertiary/aromatic N) is 2. The Morgan fingerprint density at radius 3 is 2.41 bits per heavy atom. The third-order valence-corrected chi connectivity index (χ3v) is 8.86. The average molecular weight is 558 g/mol. The molecule has 39 heavy (non-hydrogen) atoms. The second-order valence-corrected chi connectivity index (χ2v) is 12.3. The third kappa shape index (κ3) is 10.8. The molecule has 7 nitrogen and oxygen atoms in total. The Bertz CT molecular complexity index is 1010. The number of aryl methyl sites for hydroxylation is 1. The van der Waals surface area contributed by atoms with E-state index < -0.39 is 5.97 Å². The first-order valence-electron chi connectivity index (χ1n) is 15.2. The van der Waals surface area contributed by atoms with Crippen molar-refractivity contribution in [2.45, 2.75) is 128 Å². The Balaban J connectivity index is 0.000000219. The lowest BCUT2D eigenvalue weighted by molar-refractivity contribution is 0.0698. The third-order valence-electron chi connectivity index (χ3n) is 7.91. The number of nitrogens with one attached hydrogen (secondary N) is 2. The van der Waals surface area contributed by atoms with Gasteiger partial charge in [-0.1, -0.05) is 77.7 Å². The first kappa shape index (κ1) is 31.5. The SMILES string of the molecule is CCCCCCCCCCNC1CCCCC1C.Cc1ccc(SNC2CC2)cc1-n1ncc(C(=O)O)c1N. The summed E-state index contributed by atoms with van der Waals surface area (Å²) in [5.74, 6) is -0.0203. The molecule has 2 fully saturated rings. The lowest BCUT2D eigenvalue weighted by Crippen LogP contribution is -2.37. The molecule has 5 N–H and O–H groups in total. The number of hydrogen-bond acceptors (Lipinski definition) is 6. The normalized spacial score (nSPS) is 18.9. The lowest BCUT2D eigenvalue weighted by Gasteiger charge is -2.29. The summed E-state index contributed by atoms with van der Waals surface area (Å²) >= 11 is 1.58. The molecule has 2 aliphatic rings. The average Bonchev–Trinajstić information content (AvgIpc) is 3.68. The Kier molecular flexibility index (Phi) is 13.7. The number of benzene rings is 1. The van der Waals surface area contributed by atoms with Crippen LogP contribution in [-0.2, 0) is 0 Å². The number of hydrogen-bond donors (Lipinski definition) is 4. The highest BCUT2D eigenvalue weighted by atomic mass is 32.2. The molecular weight excluding hydrogens is 506 g/mol. The van der Waals surface area contributed by atoms with Gasteiger partial charge in [-0.3, -0.25) is 4.72 Å². The van der Waals surface area contributed by atoms with Crippen molar-refractivity contribution in [2.75, 3.05) is 12.3 Å². The van der Waals surface area contributed by atoms with Crippen LogP contribution in [0.5, 0.6) is 0 Å². The Morgan fingerprint density at radius 2 is 1.77 bits per heavy atom. The van der Waals surface area contributed by atoms with Gasteiger partial charge in [0.1, 0.15) is 11.4 Å². The van der Waals surface area contributed by atoms with Gasteiger partial charge in [-0.2, -0.15) is 5.10 Å². The van der Waals surface area contributed by atoms with E-state index in [0.717, 1.165) is 28.1 Å². The molecule has 2 aromatic rings. The van der Waals surface area contributed by atoms with Crippen LogP contribution in [-0.4, -0.2) is 39.5 Å². The number of aromatic carboxylic acids is 1. The largest absolute Gasteiger partial charge is 0.477 e. The Hall–Kier alpha value is -2.03. The fourth-order valence-corrected chi connectivity index (χ4v) is 5.96. The minimum atomic E-state index is -1.07. The maximum absolute atomic E-state index is 11.1. The van der Waals surface area contributed by atoms with E-state index in [4.69, 9.17) is 10.8 Å². The van der Waals surface area contributed by atoms with Crippen LogP contribution in [0, 0.1) is 12.8 Å². The molecule has 1 heterocycles. The predicted octanol–water partition coefficient (Wildman–Crippen LogP) is 7.52. The Labute approximate surface area is 240 Å². The highest BCUT2D eigenvalue weighted by Gasteiger charge is 2.22. The molecule has 0 radical (unpaired) electrons. The summed E-state index contributed by atoms with van der Waals surface area (Å²) in [6.07, 6.45) is 20.9. The standard InChI is InChI=1S/C17H35N.C14H16N4O2S/c1-3-4-5-6-7-8-9-12-15-18-17-14-11-10-13-16(17)2;1-8-2-5-10(21-17-9-3-4-9)6-12(8)18-13(15)11(7-16-18)14(19)20/h16-18H,3-15H2,1-2H3;2,5-7,9,17H,3-4,15H2,1H3,(H,19,20). The number of rotatable bonds is 15. The second-order valence-electron chi connectivity index (χ2n) is 11.4. The first-order valence-corrected chi connectivity index (χ1v) is 16.1. The molecule has 2 unspecified atom stereocenters. The number of unbranched alkanes of at least 4 members (excludes halogenated alkanes) is 7. The first-order chi connectivity index (χ1) is 18.9. The summed E-state index contributed by atoms with van der Waals surface area (Å²) in [6, 6.07) is 7.39. The van der Waals surface area contributed by atoms with Gasteiger partial charge in [-0.25, -0.2) is 9.48 Å². The van der Waals surface area contributed by atoms with Crippen molar-refractivity contribution in [3.63, 3.8) is 0 Å². The van der Waals surface area contributed by atoms with Crippen molar-refractivity contribution in [1.29, 1.82) is 0 Å². The van der Waals surface area contributed by atoms with E-state index in [2.05, 4.69) is 29.0 Å². The minimum absolute atomic E-state index is 0.0172. The molecule has 2 atom stereocenters. The molecule has 1 aromatic heterocycles. The van der Waals surface area contributed by atoms with Crippen LogP contribution in [0.15, 0.2) is 29.3 Å². The molecule has 2 aliphatic carbocycles. The molecule has 4 rings (SSSR count). The molecule has 0 saturated heterocycles. The molecule has 1 aromatic carbocycles. The predicted molar refractivity (Wildman–Crippen MR) is 164 cm³/mol. The van der Waals surface area contributed by atoms with E-state index in [9.17, 15) is 4.79 Å². The summed E-state index contributed by atoms with van der Waals surface area (Å²) in [5, 5.41) is 16.9. The van der Waals surface area contributed by atoms with Crippen LogP contribution < -0.4 is 15.8 Å². The summed E-state index contributed by atoms with van der Waals surface area (Å²) in [4.78, 5) is 12.1. The van der Waals surface area contributed by atoms with Gasteiger partial charge in [-0.15, -0.1) is 0 Å². The van der Waals surface area contributed by atoms with Crippen molar-refractivity contribution in [3.05, 3.63) is 35.5 Å². The van der Waals surface area contributed by atoms with Crippen LogP contribution in [0.2, 0.25) is 0 Å². The van der Waals surface area contributed by atoms with Gasteiger partial charge in [-0.05, 0) is 81.1 Å². The smallest absolute Gasteiger partial charge is 0.341 e. The number of aromatic nitrogens is 2. The molecule has 0 aliphatic heterocycles. The lowest BCUT2D eigenvalue weighted by atomic mass is 9.86. The number of nitrogens with two attached hydrogens (primary N) is 1. The second kappa shape index (κ2) is 16.9. The number of carbonyl (C=O) groups is 1. The van der Waals surface area contributed by atoms with Crippen LogP contribution in [0.25, 0.3) is 5.69 Å². The van der Waals surface area contributed by atoms with Crippen molar-refractivity contribution in [1.82, 2.24) is 19.8 Å². The molecule has 0 spiro atoms. The molecule has 218 valence electrons. The van der Waals surface area contributed by atoms with Crippen molar-refractivity contribution in [2.24, 2.45) is 5.92 Å². The molecular formula is C31H51N5O2S. The number of anilines is 1. The zero-order valence-corrected chi connectivity index (χ0v) is 25.2. The summed E-state index contributed by atoms with van der Waals surface area (Å²) < 4.78 is 4.84. The zero-order valence-electron chi connectivity index (χ0n) is 24.4. The van der Waals surface area contributed by atoms with Crippen molar-refractivity contribution in [3.8, 4) is 5.69 Å². The maximum Gasteiger partial charge on any atom is 0.341 e.